The number of likely N-dealkylation sites (tertiary alicyclic amines) is 1. The lowest BCUT2D eigenvalue weighted by molar-refractivity contribution is -0.130. The van der Waals surface area contributed by atoms with Crippen LogP contribution in [0.3, 0.4) is 0 Å². The van der Waals surface area contributed by atoms with Crippen LogP contribution < -0.4 is 26.4 Å². The van der Waals surface area contributed by atoms with Crippen LogP contribution >= 0.6 is 23.2 Å². The highest BCUT2D eigenvalue weighted by atomic mass is 35.5. The summed E-state index contributed by atoms with van der Waals surface area (Å²) in [4.78, 5) is 38.8. The van der Waals surface area contributed by atoms with E-state index in [4.69, 9.17) is 28.2 Å². The van der Waals surface area contributed by atoms with Crippen LogP contribution in [0.1, 0.15) is 62.4 Å². The number of anilines is 1. The summed E-state index contributed by atoms with van der Waals surface area (Å²) in [6.07, 6.45) is 5.84. The van der Waals surface area contributed by atoms with E-state index in [1.54, 1.807) is 11.1 Å². The molecule has 2 aromatic heterocycles. The summed E-state index contributed by atoms with van der Waals surface area (Å²) < 4.78 is 2.02. The largest absolute Gasteiger partial charge is 0.354 e. The maximum absolute atomic E-state index is 13.7. The molecule has 0 spiro atoms. The first-order valence-electron chi connectivity index (χ1n) is 15.6. The second-order valence-corrected chi connectivity index (χ2v) is 14.5. The van der Waals surface area contributed by atoms with Gasteiger partial charge >= 0.3 is 0 Å². The zero-order valence-corrected chi connectivity index (χ0v) is 27.1. The van der Waals surface area contributed by atoms with Gasteiger partial charge in [0.15, 0.2) is 5.15 Å². The Bertz CT molecular complexity index is 1370. The lowest BCUT2D eigenvalue weighted by atomic mass is 9.67. The molecule has 0 bridgehead atoms. The number of carbonyl (C=O) groups excluding carboxylic acids is 2. The lowest BCUT2D eigenvalue weighted by Crippen LogP contribution is -2.60. The zero-order chi connectivity index (χ0) is 31.2. The third-order valence-corrected chi connectivity index (χ3v) is 10.5. The average molecular weight is 645 g/mol. The number of pyridine rings is 1. The van der Waals surface area contributed by atoms with E-state index in [0.29, 0.717) is 49.5 Å². The van der Waals surface area contributed by atoms with Crippen molar-refractivity contribution in [3.05, 3.63) is 53.7 Å². The van der Waals surface area contributed by atoms with Crippen LogP contribution in [0.5, 0.6) is 0 Å². The van der Waals surface area contributed by atoms with Crippen LogP contribution in [-0.2, 0) is 11.3 Å². The highest BCUT2D eigenvalue weighted by Crippen LogP contribution is 2.44. The summed E-state index contributed by atoms with van der Waals surface area (Å²) in [5, 5.41) is 7.06. The molecule has 2 amide bonds. The molecule has 0 aromatic carbocycles. The second-order valence-electron chi connectivity index (χ2n) is 13.6. The zero-order valence-electron chi connectivity index (χ0n) is 25.6. The van der Waals surface area contributed by atoms with E-state index >= 15 is 0 Å². The molecule has 1 saturated carbocycles. The number of nitrogens with one attached hydrogen (secondary N) is 4. The van der Waals surface area contributed by atoms with Gasteiger partial charge in [0.1, 0.15) is 17.3 Å². The SMILES string of the molecule is C=CC(=O)N1CC(NC(=O)c2c(Cl)nc(CNC3NNC4CC(Cl)C(C(C)(C)C)CC43)n2[C@@H]2CCN(c3ccccn3)C2)C1. The molecule has 238 valence electrons. The monoisotopic (exact) mass is 643 g/mol. The number of fused-ring (bicyclic) bond motifs is 1. The molecule has 6 rings (SSSR count). The smallest absolute Gasteiger partial charge is 0.271 e. The van der Waals surface area contributed by atoms with Gasteiger partial charge in [-0.25, -0.2) is 15.4 Å². The van der Waals surface area contributed by atoms with Crippen molar-refractivity contribution in [3.8, 4) is 0 Å². The van der Waals surface area contributed by atoms with Gasteiger partial charge in [-0.3, -0.25) is 20.3 Å². The van der Waals surface area contributed by atoms with Gasteiger partial charge in [0.05, 0.1) is 24.8 Å². The molecule has 4 N–H and O–H groups in total. The molecular formula is C31H43Cl2N9O2. The summed E-state index contributed by atoms with van der Waals surface area (Å²) >= 11 is 13.6. The van der Waals surface area contributed by atoms with Crippen molar-refractivity contribution in [1.82, 2.24) is 40.9 Å². The number of amides is 2. The van der Waals surface area contributed by atoms with Gasteiger partial charge < -0.3 is 19.7 Å². The molecule has 0 radical (unpaired) electrons. The Balaban J connectivity index is 1.21. The first-order valence-corrected chi connectivity index (χ1v) is 16.4. The van der Waals surface area contributed by atoms with Crippen LogP contribution in [0.2, 0.25) is 5.15 Å². The minimum absolute atomic E-state index is 0.0193. The Kier molecular flexibility index (Phi) is 8.96. The van der Waals surface area contributed by atoms with E-state index < -0.39 is 0 Å². The quantitative estimate of drug-likeness (QED) is 0.256. The maximum Gasteiger partial charge on any atom is 0.271 e. The Labute approximate surface area is 269 Å². The van der Waals surface area contributed by atoms with Crippen molar-refractivity contribution in [2.75, 3.05) is 31.1 Å². The maximum atomic E-state index is 13.7. The van der Waals surface area contributed by atoms with Crippen LogP contribution in [-0.4, -0.2) is 81.1 Å². The van der Waals surface area contributed by atoms with Crippen LogP contribution in [0.4, 0.5) is 5.82 Å². The number of imidazole rings is 1. The third kappa shape index (κ3) is 6.22. The Hall–Kier alpha value is -2.70. The highest BCUT2D eigenvalue weighted by molar-refractivity contribution is 6.32. The van der Waals surface area contributed by atoms with Gasteiger partial charge in [-0.1, -0.05) is 45.0 Å². The van der Waals surface area contributed by atoms with Gasteiger partial charge in [-0.2, -0.15) is 0 Å². The molecular weight excluding hydrogens is 601 g/mol. The molecule has 1 aliphatic carbocycles. The van der Waals surface area contributed by atoms with Crippen molar-refractivity contribution in [3.63, 3.8) is 0 Å². The third-order valence-electron chi connectivity index (χ3n) is 9.77. The first-order chi connectivity index (χ1) is 21.0. The van der Waals surface area contributed by atoms with Crippen molar-refractivity contribution in [1.29, 1.82) is 0 Å². The molecule has 4 aliphatic rings. The number of rotatable bonds is 8. The molecule has 11 nitrogen and oxygen atoms in total. The van der Waals surface area contributed by atoms with Crippen molar-refractivity contribution >= 4 is 40.8 Å². The Morgan fingerprint density at radius 1 is 1.18 bits per heavy atom. The number of hydrogen-bond donors (Lipinski definition) is 4. The topological polar surface area (TPSA) is 119 Å². The van der Waals surface area contributed by atoms with E-state index in [0.717, 1.165) is 31.6 Å². The Morgan fingerprint density at radius 3 is 2.68 bits per heavy atom. The standard InChI is InChI=1S/C31H43Cl2N9O2/c1-5-26(43)41-15-18(16-41)36-30(44)27-28(33)37-25(42(27)19-9-11-40(17-19)24-8-6-7-10-34-24)14-35-29-20-12-21(31(2,3)4)22(32)13-23(20)38-39-29/h5-8,10,18-23,29,35,38-39H,1,9,11-17H2,2-4H3,(H,36,44)/t19-,20?,21?,22?,23?,29?/m1/s1. The highest BCUT2D eigenvalue weighted by Gasteiger charge is 2.47. The number of alkyl halides is 1. The molecule has 13 heteroatoms. The molecule has 2 aromatic rings. The fourth-order valence-corrected chi connectivity index (χ4v) is 8.28. The number of hydrogen-bond acceptors (Lipinski definition) is 8. The number of halogens is 2. The molecule has 6 atom stereocenters. The Morgan fingerprint density at radius 2 is 1.98 bits per heavy atom. The van der Waals surface area contributed by atoms with Crippen molar-refractivity contribution in [2.24, 2.45) is 17.3 Å². The predicted molar refractivity (Wildman–Crippen MR) is 171 cm³/mol. The van der Waals surface area contributed by atoms with Gasteiger partial charge in [0.25, 0.3) is 5.91 Å². The van der Waals surface area contributed by atoms with Gasteiger partial charge in [0.2, 0.25) is 5.91 Å². The average Bonchev–Trinajstić information content (AvgIpc) is 3.69. The number of nitrogens with zero attached hydrogens (tertiary/aromatic N) is 5. The van der Waals surface area contributed by atoms with Crippen molar-refractivity contribution in [2.45, 2.75) is 76.2 Å². The van der Waals surface area contributed by atoms with Gasteiger partial charge in [0, 0.05) is 49.7 Å². The fraction of sp³-hybridized carbons (Fsp3) is 0.613. The summed E-state index contributed by atoms with van der Waals surface area (Å²) in [5.74, 6) is 1.97. The molecule has 44 heavy (non-hydrogen) atoms. The van der Waals surface area contributed by atoms with E-state index in [-0.39, 0.29) is 52.1 Å². The number of hydrazine groups is 1. The van der Waals surface area contributed by atoms with Gasteiger partial charge in [-0.05, 0) is 48.8 Å². The van der Waals surface area contributed by atoms with Gasteiger partial charge in [-0.15, -0.1) is 11.6 Å². The fourth-order valence-electron chi connectivity index (χ4n) is 7.33. The minimum Gasteiger partial charge on any atom is -0.354 e. The number of carbonyl (C=O) groups is 2. The summed E-state index contributed by atoms with van der Waals surface area (Å²) in [6.45, 7) is 13.2. The van der Waals surface area contributed by atoms with Crippen LogP contribution in [0.15, 0.2) is 37.1 Å². The van der Waals surface area contributed by atoms with Crippen molar-refractivity contribution < 1.29 is 9.59 Å². The lowest BCUT2D eigenvalue weighted by Gasteiger charge is -2.43. The summed E-state index contributed by atoms with van der Waals surface area (Å²) in [7, 11) is 0. The summed E-state index contributed by atoms with van der Waals surface area (Å²) in [6, 6.07) is 6.00. The predicted octanol–water partition coefficient (Wildman–Crippen LogP) is 3.08. The van der Waals surface area contributed by atoms with E-state index in [1.807, 2.05) is 22.8 Å². The van der Waals surface area contributed by atoms with E-state index in [9.17, 15) is 9.59 Å². The van der Waals surface area contributed by atoms with Crippen LogP contribution in [0.25, 0.3) is 0 Å². The first kappa shape index (κ1) is 31.3. The van der Waals surface area contributed by atoms with E-state index in [2.05, 4.69) is 58.7 Å². The number of aromatic nitrogens is 3. The minimum atomic E-state index is -0.282. The van der Waals surface area contributed by atoms with E-state index in [1.165, 1.54) is 6.08 Å². The second kappa shape index (κ2) is 12.6. The molecule has 5 heterocycles. The molecule has 4 fully saturated rings. The molecule has 3 aliphatic heterocycles. The molecule has 3 saturated heterocycles. The summed E-state index contributed by atoms with van der Waals surface area (Å²) in [5.41, 5.74) is 7.40. The molecule has 5 unspecified atom stereocenters. The normalized spacial score (nSPS) is 28.9. The van der Waals surface area contributed by atoms with Crippen LogP contribution in [0, 0.1) is 17.3 Å².